The Labute approximate surface area is 155 Å². The minimum atomic E-state index is -0.413. The van der Waals surface area contributed by atoms with Crippen LogP contribution in [0.15, 0.2) is 64.5 Å². The van der Waals surface area contributed by atoms with Crippen LogP contribution >= 0.6 is 0 Å². The first-order chi connectivity index (χ1) is 13.0. The summed E-state index contributed by atoms with van der Waals surface area (Å²) in [6.45, 7) is 3.47. The van der Waals surface area contributed by atoms with E-state index in [4.69, 9.17) is 4.74 Å². The summed E-state index contributed by atoms with van der Waals surface area (Å²) in [5, 5.41) is 4.05. The van der Waals surface area contributed by atoms with Gasteiger partial charge in [0.15, 0.2) is 0 Å². The fourth-order valence-corrected chi connectivity index (χ4v) is 2.23. The Bertz CT molecular complexity index is 1030. The number of H-pyrrole nitrogens is 1. The van der Waals surface area contributed by atoms with Crippen molar-refractivity contribution >= 4 is 18.1 Å². The van der Waals surface area contributed by atoms with Gasteiger partial charge in [-0.05, 0) is 55.8 Å². The zero-order valence-corrected chi connectivity index (χ0v) is 14.9. The maximum Gasteiger partial charge on any atom is 0.343 e. The van der Waals surface area contributed by atoms with Crippen LogP contribution in [0.25, 0.3) is 0 Å². The summed E-state index contributed by atoms with van der Waals surface area (Å²) in [6.07, 6.45) is 1.57. The Balaban J connectivity index is 1.61. The molecule has 0 aliphatic rings. The molecular formula is C20H18N4O3. The highest BCUT2D eigenvalue weighted by atomic mass is 16.5. The molecule has 0 amide bonds. The zero-order chi connectivity index (χ0) is 19.2. The molecule has 0 saturated carbocycles. The molecule has 0 unspecified atom stereocenters. The van der Waals surface area contributed by atoms with Crippen LogP contribution in [-0.4, -0.2) is 22.2 Å². The summed E-state index contributed by atoms with van der Waals surface area (Å²) in [6, 6.07) is 15.7. The van der Waals surface area contributed by atoms with Gasteiger partial charge < -0.3 is 4.74 Å². The van der Waals surface area contributed by atoms with Crippen molar-refractivity contribution in [2.75, 3.05) is 5.43 Å². The molecule has 0 radical (unpaired) electrons. The van der Waals surface area contributed by atoms with Crippen molar-refractivity contribution in [2.24, 2.45) is 5.10 Å². The van der Waals surface area contributed by atoms with E-state index in [0.717, 1.165) is 5.56 Å². The smallest absolute Gasteiger partial charge is 0.343 e. The molecule has 1 aromatic heterocycles. The van der Waals surface area contributed by atoms with E-state index in [0.29, 0.717) is 22.6 Å². The number of aromatic amines is 1. The number of anilines is 1. The number of hydrazone groups is 1. The minimum absolute atomic E-state index is 0.204. The molecule has 0 fully saturated rings. The van der Waals surface area contributed by atoms with Gasteiger partial charge in [-0.1, -0.05) is 18.2 Å². The lowest BCUT2D eigenvalue weighted by Crippen LogP contribution is -2.15. The zero-order valence-electron chi connectivity index (χ0n) is 14.9. The molecule has 3 rings (SSSR count). The van der Waals surface area contributed by atoms with Crippen molar-refractivity contribution in [1.82, 2.24) is 9.97 Å². The lowest BCUT2D eigenvalue weighted by molar-refractivity contribution is 0.0735. The first-order valence-electron chi connectivity index (χ1n) is 8.27. The van der Waals surface area contributed by atoms with Crippen LogP contribution < -0.4 is 15.7 Å². The maximum atomic E-state index is 12.0. The van der Waals surface area contributed by atoms with E-state index in [1.807, 2.05) is 6.07 Å². The third-order valence-electron chi connectivity index (χ3n) is 3.88. The molecule has 0 atom stereocenters. The lowest BCUT2D eigenvalue weighted by Gasteiger charge is -2.04. The van der Waals surface area contributed by atoms with Crippen molar-refractivity contribution < 1.29 is 9.53 Å². The van der Waals surface area contributed by atoms with E-state index in [2.05, 4.69) is 20.5 Å². The van der Waals surface area contributed by atoms with Gasteiger partial charge in [-0.3, -0.25) is 9.78 Å². The molecule has 2 aromatic carbocycles. The molecule has 7 heteroatoms. The molecule has 0 saturated heterocycles. The number of nitrogens with zero attached hydrogens (tertiary/aromatic N) is 2. The van der Waals surface area contributed by atoms with E-state index in [1.165, 1.54) is 0 Å². The molecule has 3 aromatic rings. The highest BCUT2D eigenvalue weighted by Gasteiger charge is 2.07. The fourth-order valence-electron chi connectivity index (χ4n) is 2.23. The number of ether oxygens (including phenoxy) is 1. The van der Waals surface area contributed by atoms with Gasteiger partial charge in [0.05, 0.1) is 11.8 Å². The molecule has 0 bridgehead atoms. The second-order valence-electron chi connectivity index (χ2n) is 5.82. The second-order valence-corrected chi connectivity index (χ2v) is 5.82. The summed E-state index contributed by atoms with van der Waals surface area (Å²) in [4.78, 5) is 30.5. The Kier molecular flexibility index (Phi) is 5.41. The Hall–Kier alpha value is -3.74. The third kappa shape index (κ3) is 4.66. The number of hydrogen-bond acceptors (Lipinski definition) is 6. The molecule has 0 aliphatic carbocycles. The van der Waals surface area contributed by atoms with Crippen molar-refractivity contribution in [3.8, 4) is 5.75 Å². The number of benzene rings is 2. The van der Waals surface area contributed by atoms with Crippen LogP contribution in [0, 0.1) is 13.8 Å². The summed E-state index contributed by atoms with van der Waals surface area (Å²) >= 11 is 0. The van der Waals surface area contributed by atoms with E-state index in [-0.39, 0.29) is 11.5 Å². The first-order valence-corrected chi connectivity index (χ1v) is 8.27. The molecule has 136 valence electrons. The predicted octanol–water partition coefficient (Wildman–Crippen LogP) is 3.05. The van der Waals surface area contributed by atoms with E-state index < -0.39 is 5.97 Å². The first kappa shape index (κ1) is 18.1. The number of esters is 1. The van der Waals surface area contributed by atoms with Gasteiger partial charge >= 0.3 is 5.97 Å². The van der Waals surface area contributed by atoms with Crippen LogP contribution in [0.4, 0.5) is 5.95 Å². The summed E-state index contributed by atoms with van der Waals surface area (Å²) < 4.78 is 5.32. The van der Waals surface area contributed by atoms with Gasteiger partial charge in [-0.2, -0.15) is 5.10 Å². The summed E-state index contributed by atoms with van der Waals surface area (Å²) in [5.41, 5.74) is 4.97. The van der Waals surface area contributed by atoms with Crippen LogP contribution in [0.5, 0.6) is 5.75 Å². The number of nitrogens with one attached hydrogen (secondary N) is 2. The molecular weight excluding hydrogens is 344 g/mol. The molecule has 27 heavy (non-hydrogen) atoms. The number of carbonyl (C=O) groups is 1. The average Bonchev–Trinajstić information content (AvgIpc) is 2.68. The number of carbonyl (C=O) groups excluding carboxylic acids is 1. The number of hydrogen-bond donors (Lipinski definition) is 2. The SMILES string of the molecule is Cc1nc(N/N=C\c2ccc(OC(=O)c3ccccc3)cc2)[nH]c(=O)c1C. The quantitative estimate of drug-likeness (QED) is 0.315. The maximum absolute atomic E-state index is 12.0. The topological polar surface area (TPSA) is 96.4 Å². The van der Waals surface area contributed by atoms with Gasteiger partial charge in [-0.15, -0.1) is 0 Å². The van der Waals surface area contributed by atoms with Gasteiger partial charge in [0, 0.05) is 11.3 Å². The van der Waals surface area contributed by atoms with E-state index in [9.17, 15) is 9.59 Å². The van der Waals surface area contributed by atoms with Crippen molar-refractivity contribution in [3.05, 3.63) is 87.3 Å². The molecule has 0 spiro atoms. The molecule has 0 aliphatic heterocycles. The second kappa shape index (κ2) is 8.09. The Morgan fingerprint density at radius 3 is 2.48 bits per heavy atom. The Morgan fingerprint density at radius 2 is 1.81 bits per heavy atom. The molecule has 1 heterocycles. The van der Waals surface area contributed by atoms with Crippen LogP contribution in [-0.2, 0) is 0 Å². The summed E-state index contributed by atoms with van der Waals surface area (Å²) in [7, 11) is 0. The summed E-state index contributed by atoms with van der Waals surface area (Å²) in [5.74, 6) is 0.297. The molecule has 2 N–H and O–H groups in total. The van der Waals surface area contributed by atoms with Crippen molar-refractivity contribution in [2.45, 2.75) is 13.8 Å². The van der Waals surface area contributed by atoms with Crippen molar-refractivity contribution in [3.63, 3.8) is 0 Å². The number of aromatic nitrogens is 2. The third-order valence-corrected chi connectivity index (χ3v) is 3.88. The normalized spacial score (nSPS) is 10.7. The largest absolute Gasteiger partial charge is 0.423 e. The monoisotopic (exact) mass is 362 g/mol. The van der Waals surface area contributed by atoms with E-state index >= 15 is 0 Å². The number of aryl methyl sites for hydroxylation is 1. The Morgan fingerprint density at radius 1 is 1.11 bits per heavy atom. The van der Waals surface area contributed by atoms with Gasteiger partial charge in [0.2, 0.25) is 5.95 Å². The van der Waals surface area contributed by atoms with Crippen LogP contribution in [0.3, 0.4) is 0 Å². The van der Waals surface area contributed by atoms with E-state index in [1.54, 1.807) is 68.6 Å². The lowest BCUT2D eigenvalue weighted by atomic mass is 10.2. The van der Waals surface area contributed by atoms with Gasteiger partial charge in [0.25, 0.3) is 5.56 Å². The molecule has 7 nitrogen and oxygen atoms in total. The number of rotatable bonds is 5. The van der Waals surface area contributed by atoms with Crippen LogP contribution in [0.1, 0.15) is 27.2 Å². The fraction of sp³-hybridized carbons (Fsp3) is 0.100. The van der Waals surface area contributed by atoms with Crippen LogP contribution in [0.2, 0.25) is 0 Å². The predicted molar refractivity (Wildman–Crippen MR) is 103 cm³/mol. The minimum Gasteiger partial charge on any atom is -0.423 e. The van der Waals surface area contributed by atoms with Gasteiger partial charge in [0.1, 0.15) is 5.75 Å². The average molecular weight is 362 g/mol. The highest BCUT2D eigenvalue weighted by molar-refractivity contribution is 5.91. The highest BCUT2D eigenvalue weighted by Crippen LogP contribution is 2.13. The standard InChI is InChI=1S/C20H18N4O3/c1-13-14(2)22-20(23-18(13)25)24-21-12-15-8-10-17(11-9-15)27-19(26)16-6-4-3-5-7-16/h3-12H,1-2H3,(H2,22,23,24,25)/b21-12-. The van der Waals surface area contributed by atoms with Gasteiger partial charge in [-0.25, -0.2) is 15.2 Å². The van der Waals surface area contributed by atoms with Crippen molar-refractivity contribution in [1.29, 1.82) is 0 Å².